The van der Waals surface area contributed by atoms with Crippen LogP contribution in [0.5, 0.6) is 11.5 Å². The lowest BCUT2D eigenvalue weighted by Crippen LogP contribution is -2.02. The Morgan fingerprint density at radius 2 is 0.785 bits per heavy atom. The number of aryl methyl sites for hydroxylation is 2. The van der Waals surface area contributed by atoms with E-state index >= 15 is 0 Å². The van der Waals surface area contributed by atoms with Crippen LogP contribution in [0, 0.1) is 0 Å². The molecular formula is C60H96O2S3. The van der Waals surface area contributed by atoms with Gasteiger partial charge in [0.25, 0.3) is 0 Å². The molecule has 0 N–H and O–H groups in total. The van der Waals surface area contributed by atoms with Gasteiger partial charge in [0.15, 0.2) is 0 Å². The topological polar surface area (TPSA) is 18.5 Å². The summed E-state index contributed by atoms with van der Waals surface area (Å²) in [6.07, 6.45) is 39.1. The first-order valence-corrected chi connectivity index (χ1v) is 30.1. The molecule has 5 heteroatoms. The predicted octanol–water partition coefficient (Wildman–Crippen LogP) is 22.0. The van der Waals surface area contributed by atoms with Crippen molar-refractivity contribution < 1.29 is 9.47 Å². The summed E-state index contributed by atoms with van der Waals surface area (Å²) >= 11 is 6.00. The molecule has 0 bridgehead atoms. The van der Waals surface area contributed by atoms with Gasteiger partial charge in [0.2, 0.25) is 0 Å². The zero-order valence-corrected chi connectivity index (χ0v) is 45.7. The normalized spacial score (nSPS) is 11.8. The smallest absolute Gasteiger partial charge is 0.128 e. The van der Waals surface area contributed by atoms with Crippen molar-refractivity contribution in [3.05, 3.63) is 57.3 Å². The van der Waals surface area contributed by atoms with Crippen molar-refractivity contribution in [2.45, 2.75) is 260 Å². The van der Waals surface area contributed by atoms with Crippen molar-refractivity contribution in [3.8, 4) is 42.1 Å². The van der Waals surface area contributed by atoms with Crippen molar-refractivity contribution in [1.82, 2.24) is 0 Å². The molecule has 366 valence electrons. The maximum absolute atomic E-state index is 7.01. The summed E-state index contributed by atoms with van der Waals surface area (Å²) in [7, 11) is 0. The fourth-order valence-electron chi connectivity index (χ4n) is 9.21. The lowest BCUT2D eigenvalue weighted by atomic mass is 9.99. The molecule has 3 heterocycles. The summed E-state index contributed by atoms with van der Waals surface area (Å²) < 4.78 is 14.0. The Kier molecular flexibility index (Phi) is 28.5. The summed E-state index contributed by atoms with van der Waals surface area (Å²) in [5, 5.41) is 0. The van der Waals surface area contributed by atoms with Crippen molar-refractivity contribution in [2.24, 2.45) is 0 Å². The van der Waals surface area contributed by atoms with Gasteiger partial charge in [0.1, 0.15) is 11.5 Å². The number of rotatable bonds is 39. The molecule has 0 aliphatic rings. The second-order valence-corrected chi connectivity index (χ2v) is 23.3. The van der Waals surface area contributed by atoms with Crippen LogP contribution >= 0.6 is 34.0 Å². The number of hydrogen-bond acceptors (Lipinski definition) is 5. The van der Waals surface area contributed by atoms with Gasteiger partial charge in [-0.1, -0.05) is 209 Å². The zero-order valence-electron chi connectivity index (χ0n) is 43.3. The van der Waals surface area contributed by atoms with Crippen LogP contribution in [0.1, 0.15) is 268 Å². The van der Waals surface area contributed by atoms with E-state index < -0.39 is 0 Å². The molecule has 0 unspecified atom stereocenters. The number of unbranched alkanes of at least 4 members (excludes halogenated alkanes) is 24. The quantitative estimate of drug-likeness (QED) is 0.0415. The Balaban J connectivity index is 1.73. The molecule has 0 amide bonds. The van der Waals surface area contributed by atoms with Crippen LogP contribution in [0.25, 0.3) is 30.6 Å². The van der Waals surface area contributed by atoms with Gasteiger partial charge in [0.05, 0.1) is 13.2 Å². The van der Waals surface area contributed by atoms with Crippen LogP contribution in [0.4, 0.5) is 0 Å². The molecule has 1 aromatic carbocycles. The maximum Gasteiger partial charge on any atom is 0.128 e. The molecule has 2 nitrogen and oxygen atoms in total. The molecule has 4 aromatic rings. The highest BCUT2D eigenvalue weighted by Crippen LogP contribution is 2.49. The van der Waals surface area contributed by atoms with Crippen LogP contribution in [-0.2, 0) is 12.8 Å². The third kappa shape index (κ3) is 20.2. The van der Waals surface area contributed by atoms with E-state index in [4.69, 9.17) is 9.47 Å². The molecule has 3 aromatic heterocycles. The van der Waals surface area contributed by atoms with Gasteiger partial charge in [-0.2, -0.15) is 0 Å². The number of hydrogen-bond donors (Lipinski definition) is 0. The van der Waals surface area contributed by atoms with Gasteiger partial charge in [0, 0.05) is 40.4 Å². The Morgan fingerprint density at radius 1 is 0.385 bits per heavy atom. The van der Waals surface area contributed by atoms with E-state index in [-0.39, 0.29) is 0 Å². The van der Waals surface area contributed by atoms with Crippen molar-refractivity contribution in [3.63, 3.8) is 0 Å². The van der Waals surface area contributed by atoms with Gasteiger partial charge in [-0.25, -0.2) is 0 Å². The molecule has 65 heavy (non-hydrogen) atoms. The summed E-state index contributed by atoms with van der Waals surface area (Å²) in [6, 6.07) is 14.7. The number of benzene rings is 1. The fraction of sp³-hybridized carbons (Fsp3) is 0.700. The zero-order chi connectivity index (χ0) is 46.5. The average Bonchev–Trinajstić information content (AvgIpc) is 4.07. The summed E-state index contributed by atoms with van der Waals surface area (Å²) in [4.78, 5) is 8.59. The van der Waals surface area contributed by atoms with Gasteiger partial charge in [-0.15, -0.1) is 34.0 Å². The highest BCUT2D eigenvalue weighted by Gasteiger charge is 2.23. The van der Waals surface area contributed by atoms with Crippen molar-refractivity contribution >= 4 is 34.0 Å². The Labute approximate surface area is 413 Å². The Bertz CT molecular complexity index is 1810. The lowest BCUT2D eigenvalue weighted by molar-refractivity contribution is 0.298. The first kappa shape index (κ1) is 55.5. The van der Waals surface area contributed by atoms with Crippen LogP contribution in [0.3, 0.4) is 0 Å². The monoisotopic (exact) mass is 945 g/mol. The van der Waals surface area contributed by atoms with Crippen molar-refractivity contribution in [1.29, 1.82) is 0 Å². The second kappa shape index (κ2) is 33.4. The lowest BCUT2D eigenvalue weighted by Gasteiger charge is -2.17. The minimum Gasteiger partial charge on any atom is -0.493 e. The van der Waals surface area contributed by atoms with E-state index in [1.54, 1.807) is 10.4 Å². The van der Waals surface area contributed by atoms with Crippen LogP contribution in [0.15, 0.2) is 36.4 Å². The van der Waals surface area contributed by atoms with E-state index in [0.717, 1.165) is 44.0 Å². The predicted molar refractivity (Wildman–Crippen MR) is 295 cm³/mol. The summed E-state index contributed by atoms with van der Waals surface area (Å²) in [5.41, 5.74) is 5.50. The maximum atomic E-state index is 7.01. The van der Waals surface area contributed by atoms with E-state index in [1.165, 1.54) is 214 Å². The van der Waals surface area contributed by atoms with Crippen LogP contribution < -0.4 is 9.47 Å². The largest absolute Gasteiger partial charge is 0.493 e. The third-order valence-corrected chi connectivity index (χ3v) is 17.6. The van der Waals surface area contributed by atoms with E-state index in [0.29, 0.717) is 11.8 Å². The first-order valence-electron chi connectivity index (χ1n) is 27.6. The van der Waals surface area contributed by atoms with Gasteiger partial charge < -0.3 is 9.47 Å². The first-order chi connectivity index (χ1) is 31.8. The minimum absolute atomic E-state index is 0.505. The highest BCUT2D eigenvalue weighted by molar-refractivity contribution is 7.24. The number of thiophene rings is 3. The van der Waals surface area contributed by atoms with Crippen molar-refractivity contribution in [2.75, 3.05) is 13.2 Å². The van der Waals surface area contributed by atoms with Gasteiger partial charge >= 0.3 is 0 Å². The Morgan fingerprint density at radius 3 is 1.22 bits per heavy atom. The van der Waals surface area contributed by atoms with E-state index in [1.807, 2.05) is 34.0 Å². The summed E-state index contributed by atoms with van der Waals surface area (Å²) in [5.74, 6) is 3.11. The third-order valence-electron chi connectivity index (χ3n) is 13.3. The number of ether oxygens (including phenoxy) is 2. The standard InChI is InChI=1S/C60H96O2S3/c1-9-13-17-21-25-27-29-33-37-49-43-57(64-59(49)48(7)8)51-45-54(62-42-36-32-24-20-16-12-4)52(46-53(51)61-41-35-31-23-19-15-11-3)58-44-50(38-34-30-28-26-22-18-14-10-2)60(65-58)56-40-39-55(63-56)47(5)6/h39-40,43-48H,9-38,41-42H2,1-8H3. The molecule has 0 aliphatic carbocycles. The van der Waals surface area contributed by atoms with E-state index in [2.05, 4.69) is 91.8 Å². The molecular weight excluding hydrogens is 849 g/mol. The average molecular weight is 946 g/mol. The second-order valence-electron chi connectivity index (χ2n) is 20.0. The molecule has 0 saturated heterocycles. The summed E-state index contributed by atoms with van der Waals surface area (Å²) in [6.45, 7) is 20.2. The van der Waals surface area contributed by atoms with Crippen LogP contribution in [-0.4, -0.2) is 13.2 Å². The molecule has 0 spiro atoms. The molecule has 0 aliphatic heterocycles. The molecule has 0 fully saturated rings. The van der Waals surface area contributed by atoms with Gasteiger partial charge in [-0.3, -0.25) is 0 Å². The molecule has 0 radical (unpaired) electrons. The van der Waals surface area contributed by atoms with Crippen LogP contribution in [0.2, 0.25) is 0 Å². The molecule has 0 saturated carbocycles. The highest BCUT2D eigenvalue weighted by atomic mass is 32.1. The van der Waals surface area contributed by atoms with E-state index in [9.17, 15) is 0 Å². The minimum atomic E-state index is 0.505. The SMILES string of the molecule is CCCCCCCCCCc1cc(-c2cc(OCCCCCCCC)c(-c3cc(CCCCCCCCCC)c(C(C)C)s3)cc2OCCCCCCCC)sc1-c1ccc(C(C)C)s1. The molecule has 4 rings (SSSR count). The molecule has 0 atom stereocenters. The fourth-order valence-corrected chi connectivity index (χ4v) is 12.8. The van der Waals surface area contributed by atoms with Gasteiger partial charge in [-0.05, 0) is 97.9 Å². The Hall–Kier alpha value is -2.08.